The van der Waals surface area contributed by atoms with Gasteiger partial charge in [0.05, 0.1) is 11.8 Å². The normalized spacial score (nSPS) is 29.0. The number of aliphatic imine (C=N–C) groups is 1. The first-order valence-corrected chi connectivity index (χ1v) is 9.86. The highest BCUT2D eigenvalue weighted by molar-refractivity contribution is 6.06. The largest absolute Gasteiger partial charge is 0.389 e. The standard InChI is InChI=1S/C19H27F3N4O2/c1-23-18(24-8-3-2-7-19(20,21)22)25-9-4-10-26-16(27)14-12-5-6-13(11-12)15(14)17(26)28/h5-6,12-15H,2-4,7-11H2,1H3,(H2,23,24,25). The number of halogens is 3. The third-order valence-electron chi connectivity index (χ3n) is 5.82. The molecule has 6 nitrogen and oxygen atoms in total. The summed E-state index contributed by atoms with van der Waals surface area (Å²) >= 11 is 0. The number of likely N-dealkylation sites (tertiary alicyclic amines) is 1. The molecule has 1 aliphatic heterocycles. The second kappa shape index (κ2) is 8.53. The summed E-state index contributed by atoms with van der Waals surface area (Å²) in [7, 11) is 1.59. The SMILES string of the molecule is CN=C(NCCCCC(F)(F)F)NCCCN1C(=O)C2C3C=CC(C3)C2C1=O. The molecule has 0 aromatic carbocycles. The summed E-state index contributed by atoms with van der Waals surface area (Å²) in [6.45, 7) is 1.29. The maximum atomic E-state index is 12.6. The van der Waals surface area contributed by atoms with Gasteiger partial charge in [-0.15, -0.1) is 0 Å². The predicted molar refractivity (Wildman–Crippen MR) is 98.3 cm³/mol. The van der Waals surface area contributed by atoms with E-state index in [9.17, 15) is 22.8 Å². The zero-order valence-electron chi connectivity index (χ0n) is 16.0. The first-order chi connectivity index (χ1) is 13.3. The minimum absolute atomic E-state index is 0.0426. The Hall–Kier alpha value is -2.06. The van der Waals surface area contributed by atoms with Crippen molar-refractivity contribution < 1.29 is 22.8 Å². The van der Waals surface area contributed by atoms with E-state index in [1.807, 2.05) is 0 Å². The van der Waals surface area contributed by atoms with Crippen LogP contribution in [0.1, 0.15) is 32.1 Å². The van der Waals surface area contributed by atoms with Gasteiger partial charge in [0.2, 0.25) is 11.8 Å². The molecule has 0 aromatic heterocycles. The first kappa shape index (κ1) is 20.7. The van der Waals surface area contributed by atoms with E-state index in [-0.39, 0.29) is 41.9 Å². The fraction of sp³-hybridized carbons (Fsp3) is 0.737. The van der Waals surface area contributed by atoms with Crippen molar-refractivity contribution in [3.8, 4) is 0 Å². The maximum Gasteiger partial charge on any atom is 0.389 e. The Morgan fingerprint density at radius 2 is 1.64 bits per heavy atom. The van der Waals surface area contributed by atoms with Gasteiger partial charge in [0.25, 0.3) is 0 Å². The molecule has 9 heteroatoms. The Labute approximate surface area is 162 Å². The lowest BCUT2D eigenvalue weighted by Crippen LogP contribution is -2.40. The van der Waals surface area contributed by atoms with Crippen molar-refractivity contribution in [2.24, 2.45) is 28.7 Å². The van der Waals surface area contributed by atoms with Gasteiger partial charge < -0.3 is 10.6 Å². The number of allylic oxidation sites excluding steroid dienone is 2. The monoisotopic (exact) mass is 400 g/mol. The summed E-state index contributed by atoms with van der Waals surface area (Å²) < 4.78 is 36.3. The van der Waals surface area contributed by atoms with Gasteiger partial charge >= 0.3 is 6.18 Å². The van der Waals surface area contributed by atoms with Crippen LogP contribution in [0.25, 0.3) is 0 Å². The Bertz CT molecular complexity index is 632. The van der Waals surface area contributed by atoms with Crippen LogP contribution >= 0.6 is 0 Å². The van der Waals surface area contributed by atoms with E-state index in [0.717, 1.165) is 6.42 Å². The van der Waals surface area contributed by atoms with E-state index in [2.05, 4.69) is 27.8 Å². The lowest BCUT2D eigenvalue weighted by molar-refractivity contribution is -0.141. The topological polar surface area (TPSA) is 73.8 Å². The molecule has 2 amide bonds. The van der Waals surface area contributed by atoms with Gasteiger partial charge in [0, 0.05) is 33.1 Å². The van der Waals surface area contributed by atoms with E-state index in [0.29, 0.717) is 38.4 Å². The van der Waals surface area contributed by atoms with E-state index < -0.39 is 12.6 Å². The Morgan fingerprint density at radius 1 is 1.07 bits per heavy atom. The first-order valence-electron chi connectivity index (χ1n) is 9.86. The highest BCUT2D eigenvalue weighted by Crippen LogP contribution is 2.52. The number of hydrogen-bond acceptors (Lipinski definition) is 3. The molecular weight excluding hydrogens is 373 g/mol. The van der Waals surface area contributed by atoms with Crippen LogP contribution in [0.2, 0.25) is 0 Å². The Morgan fingerprint density at radius 3 is 2.18 bits per heavy atom. The van der Waals surface area contributed by atoms with Crippen molar-refractivity contribution in [2.45, 2.75) is 38.3 Å². The summed E-state index contributed by atoms with van der Waals surface area (Å²) in [6.07, 6.45) is 1.25. The maximum absolute atomic E-state index is 12.6. The molecule has 2 N–H and O–H groups in total. The molecule has 0 radical (unpaired) electrons. The highest BCUT2D eigenvalue weighted by atomic mass is 19.4. The third kappa shape index (κ3) is 4.50. The zero-order valence-corrected chi connectivity index (χ0v) is 16.0. The van der Waals surface area contributed by atoms with Crippen LogP contribution in [0.15, 0.2) is 17.1 Å². The molecule has 2 aliphatic carbocycles. The van der Waals surface area contributed by atoms with Gasteiger partial charge in [-0.2, -0.15) is 13.2 Å². The molecule has 0 spiro atoms. The summed E-state index contributed by atoms with van der Waals surface area (Å²) in [4.78, 5) is 30.6. The fourth-order valence-electron chi connectivity index (χ4n) is 4.51. The Balaban J connectivity index is 1.33. The number of rotatable bonds is 8. The molecule has 4 unspecified atom stereocenters. The van der Waals surface area contributed by atoms with Crippen LogP contribution in [0.4, 0.5) is 13.2 Å². The molecule has 3 aliphatic rings. The van der Waals surface area contributed by atoms with Crippen LogP contribution in [-0.4, -0.2) is 55.5 Å². The molecule has 28 heavy (non-hydrogen) atoms. The number of alkyl halides is 3. The van der Waals surface area contributed by atoms with E-state index in [1.54, 1.807) is 7.05 Å². The van der Waals surface area contributed by atoms with Gasteiger partial charge in [0.1, 0.15) is 0 Å². The van der Waals surface area contributed by atoms with Crippen LogP contribution in [-0.2, 0) is 9.59 Å². The van der Waals surface area contributed by atoms with Gasteiger partial charge in [-0.25, -0.2) is 0 Å². The number of guanidine groups is 1. The van der Waals surface area contributed by atoms with Crippen LogP contribution < -0.4 is 10.6 Å². The Kier molecular flexibility index (Phi) is 6.30. The number of hydrogen-bond donors (Lipinski definition) is 2. The van der Waals surface area contributed by atoms with Crippen molar-refractivity contribution in [3.63, 3.8) is 0 Å². The van der Waals surface area contributed by atoms with Crippen molar-refractivity contribution >= 4 is 17.8 Å². The lowest BCUT2D eigenvalue weighted by Gasteiger charge is -2.18. The molecule has 1 heterocycles. The minimum atomic E-state index is -4.11. The summed E-state index contributed by atoms with van der Waals surface area (Å²) in [6, 6.07) is 0. The number of amides is 2. The van der Waals surface area contributed by atoms with Gasteiger partial charge in [-0.1, -0.05) is 12.2 Å². The number of unbranched alkanes of at least 4 members (excludes halogenated alkanes) is 1. The summed E-state index contributed by atoms with van der Waals surface area (Å²) in [5.74, 6) is 0.524. The van der Waals surface area contributed by atoms with Crippen LogP contribution in [0.5, 0.6) is 0 Å². The molecule has 156 valence electrons. The summed E-state index contributed by atoms with van der Waals surface area (Å²) in [5.41, 5.74) is 0. The lowest BCUT2D eigenvalue weighted by atomic mass is 9.85. The molecule has 0 aromatic rings. The second-order valence-electron chi connectivity index (χ2n) is 7.68. The average Bonchev–Trinajstić information content (AvgIpc) is 3.31. The van der Waals surface area contributed by atoms with Crippen molar-refractivity contribution in [3.05, 3.63) is 12.2 Å². The molecule has 2 bridgehead atoms. The molecule has 2 fully saturated rings. The number of nitrogens with zero attached hydrogens (tertiary/aromatic N) is 2. The van der Waals surface area contributed by atoms with Gasteiger partial charge in [-0.3, -0.25) is 19.5 Å². The van der Waals surface area contributed by atoms with Gasteiger partial charge in [0.15, 0.2) is 5.96 Å². The molecule has 4 atom stereocenters. The molecule has 1 saturated carbocycles. The van der Waals surface area contributed by atoms with Crippen molar-refractivity contribution in [1.29, 1.82) is 0 Å². The smallest absolute Gasteiger partial charge is 0.356 e. The number of imide groups is 1. The highest BCUT2D eigenvalue weighted by Gasteiger charge is 2.58. The zero-order chi connectivity index (χ0) is 20.3. The third-order valence-corrected chi connectivity index (χ3v) is 5.82. The van der Waals surface area contributed by atoms with Crippen LogP contribution in [0.3, 0.4) is 0 Å². The van der Waals surface area contributed by atoms with E-state index in [4.69, 9.17) is 0 Å². The summed E-state index contributed by atoms with van der Waals surface area (Å²) in [5, 5.41) is 6.04. The minimum Gasteiger partial charge on any atom is -0.356 e. The van der Waals surface area contributed by atoms with Crippen molar-refractivity contribution in [1.82, 2.24) is 15.5 Å². The van der Waals surface area contributed by atoms with E-state index >= 15 is 0 Å². The number of carbonyl (C=O) groups is 2. The quantitative estimate of drug-likeness (QED) is 0.215. The predicted octanol–water partition coefficient (Wildman–Crippen LogP) is 2.08. The van der Waals surface area contributed by atoms with E-state index in [1.165, 1.54) is 4.90 Å². The number of carbonyl (C=O) groups excluding carboxylic acids is 2. The number of fused-ring (bicyclic) bond motifs is 5. The van der Waals surface area contributed by atoms with Gasteiger partial charge in [-0.05, 0) is 37.5 Å². The van der Waals surface area contributed by atoms with Crippen LogP contribution in [0, 0.1) is 23.7 Å². The van der Waals surface area contributed by atoms with Crippen molar-refractivity contribution in [2.75, 3.05) is 26.7 Å². The number of nitrogens with one attached hydrogen (secondary N) is 2. The average molecular weight is 400 g/mol. The fourth-order valence-corrected chi connectivity index (χ4v) is 4.51. The molecular formula is C19H27F3N4O2. The molecule has 3 rings (SSSR count). The molecule has 1 saturated heterocycles. The second-order valence-corrected chi connectivity index (χ2v) is 7.68.